The first kappa shape index (κ1) is 36.6. The summed E-state index contributed by atoms with van der Waals surface area (Å²) in [5, 5.41) is 23.7. The van der Waals surface area contributed by atoms with E-state index in [1.165, 1.54) is 23.1 Å². The number of allylic oxidation sites excluding steroid dienone is 4. The molecule has 2 aromatic carbocycles. The van der Waals surface area contributed by atoms with E-state index in [0.29, 0.717) is 43.2 Å². The minimum Gasteiger partial charge on any atom is -0.450 e. The number of amides is 1. The Morgan fingerprint density at radius 2 is 1.60 bits per heavy atom. The molecule has 2 spiro atoms. The zero-order valence-electron chi connectivity index (χ0n) is 29.4. The summed E-state index contributed by atoms with van der Waals surface area (Å²) in [5.41, 5.74) is -3.11. The van der Waals surface area contributed by atoms with Gasteiger partial charge in [0.1, 0.15) is 5.75 Å². The highest BCUT2D eigenvalue weighted by molar-refractivity contribution is 6.10. The van der Waals surface area contributed by atoms with Crippen molar-refractivity contribution in [1.29, 1.82) is 0 Å². The van der Waals surface area contributed by atoms with E-state index in [1.807, 2.05) is 13.0 Å². The molecule has 8 atom stereocenters. The van der Waals surface area contributed by atoms with Gasteiger partial charge in [-0.1, -0.05) is 44.2 Å². The van der Waals surface area contributed by atoms with Crippen LogP contribution < -0.4 is 4.74 Å². The number of aliphatic hydroxyl groups excluding tert-OH is 1. The van der Waals surface area contributed by atoms with Crippen LogP contribution in [0.25, 0.3) is 0 Å². The predicted molar refractivity (Wildman–Crippen MR) is 180 cm³/mol. The van der Waals surface area contributed by atoms with Crippen LogP contribution in [0.5, 0.6) is 5.75 Å². The van der Waals surface area contributed by atoms with E-state index in [1.54, 1.807) is 6.92 Å². The molecule has 0 saturated heterocycles. The number of hydrogen-bond acceptors (Lipinski definition) is 6. The zero-order valence-corrected chi connectivity index (χ0v) is 29.4. The molecule has 2 N–H and O–H groups in total. The van der Waals surface area contributed by atoms with Gasteiger partial charge < -0.3 is 24.6 Å². The number of ketones is 1. The number of Topliss-reactive ketones (excluding diaryl/α,β-unsaturated/α-hetero) is 1. The van der Waals surface area contributed by atoms with E-state index in [2.05, 4.69) is 23.8 Å². The molecule has 3 saturated carbocycles. The number of fused-ring (bicyclic) bond motifs is 1. The van der Waals surface area contributed by atoms with Crippen LogP contribution in [0.4, 0.5) is 26.7 Å². The summed E-state index contributed by atoms with van der Waals surface area (Å²) in [6.07, 6.45) is 3.90. The van der Waals surface area contributed by atoms with Crippen molar-refractivity contribution in [3.63, 3.8) is 0 Å². The average molecular weight is 730 g/mol. The topological polar surface area (TPSA) is 96.3 Å². The average Bonchev–Trinajstić information content (AvgIpc) is 3.35. The number of carbonyl (C=O) groups is 2. The number of ether oxygens (including phenoxy) is 2. The Labute approximate surface area is 299 Å². The molecule has 0 aliphatic heterocycles. The van der Waals surface area contributed by atoms with Gasteiger partial charge in [0.05, 0.1) is 24.9 Å². The van der Waals surface area contributed by atoms with Crippen LogP contribution >= 0.6 is 0 Å². The van der Waals surface area contributed by atoms with Gasteiger partial charge in [-0.3, -0.25) is 4.79 Å². The Bertz CT molecular complexity index is 1830. The van der Waals surface area contributed by atoms with Crippen molar-refractivity contribution >= 4 is 11.9 Å². The van der Waals surface area contributed by atoms with Gasteiger partial charge in [0.15, 0.2) is 17.4 Å². The first-order valence-corrected chi connectivity index (χ1v) is 18.0. The molecule has 0 aromatic heterocycles. The van der Waals surface area contributed by atoms with E-state index in [-0.39, 0.29) is 48.9 Å². The predicted octanol–water partition coefficient (Wildman–Crippen LogP) is 8.30. The fourth-order valence-electron chi connectivity index (χ4n) is 11.1. The minimum absolute atomic E-state index is 0.0226. The molecule has 2 aromatic rings. The van der Waals surface area contributed by atoms with Crippen molar-refractivity contribution in [1.82, 2.24) is 4.90 Å². The Hall–Kier alpha value is -3.77. The van der Waals surface area contributed by atoms with Crippen molar-refractivity contribution < 1.29 is 51.2 Å². The molecule has 2 bridgehead atoms. The van der Waals surface area contributed by atoms with Crippen LogP contribution in [-0.4, -0.2) is 58.2 Å². The molecule has 280 valence electrons. The third-order valence-corrected chi connectivity index (χ3v) is 13.6. The first-order valence-electron chi connectivity index (χ1n) is 18.0. The Morgan fingerprint density at radius 1 is 0.923 bits per heavy atom. The number of carbonyl (C=O) groups excluding carboxylic acids is 2. The molecule has 8 rings (SSSR count). The molecule has 0 radical (unpaired) electrons. The lowest BCUT2D eigenvalue weighted by Crippen LogP contribution is -2.67. The molecule has 1 amide bonds. The summed E-state index contributed by atoms with van der Waals surface area (Å²) in [5.74, 6) is -3.34. The second-order valence-corrected chi connectivity index (χ2v) is 16.0. The van der Waals surface area contributed by atoms with E-state index in [4.69, 9.17) is 4.74 Å². The third-order valence-electron chi connectivity index (χ3n) is 13.6. The molecule has 52 heavy (non-hydrogen) atoms. The van der Waals surface area contributed by atoms with Gasteiger partial charge in [0.2, 0.25) is 0 Å². The van der Waals surface area contributed by atoms with Gasteiger partial charge in [-0.15, -0.1) is 13.2 Å². The number of rotatable bonds is 8. The normalized spacial score (nSPS) is 36.0. The molecule has 1 unspecified atom stereocenters. The fraction of sp³-hybridized carbons (Fsp3) is 0.550. The third kappa shape index (κ3) is 5.49. The smallest absolute Gasteiger partial charge is 0.450 e. The van der Waals surface area contributed by atoms with Gasteiger partial charge in [-0.25, -0.2) is 13.6 Å². The molecular formula is C40H44F5NO6. The Balaban J connectivity index is 1.26. The van der Waals surface area contributed by atoms with E-state index < -0.39 is 63.6 Å². The Kier molecular flexibility index (Phi) is 8.72. The summed E-state index contributed by atoms with van der Waals surface area (Å²) < 4.78 is 76.2. The standard InChI is InChI=1S/C40H44F5NO6/c1-4-51-34(49)46(22-24-5-8-27(9-6-24)52-40(43,44)45)23-38(50)16-13-32-36(38,3)15-12-31-35(2)14-11-26(47)20-37(35)17-18-39(31,32)28(21-37)33(48)25-7-10-29(41)30(42)19-25/h5-10,17-19,21,26,31-32,47,50H,4,11-16,20,22-23H2,1-3H3/t26?,31-,32-,35-,36+,37+,38-,39-/m1/s1. The molecule has 3 fully saturated rings. The SMILES string of the molecule is CCOC(=O)N(Cc1ccc(OC(F)(F)F)cc1)C[C@]1(O)CC[C@H]2[C@]34C=C[C@@]5(C=C3C(=O)c3ccc(F)c(F)c3)CC(O)CC[C@]5(C)[C@H]4CC[C@@]21C. The van der Waals surface area contributed by atoms with Gasteiger partial charge >= 0.3 is 12.5 Å². The van der Waals surface area contributed by atoms with Crippen molar-refractivity contribution in [2.45, 2.75) is 90.3 Å². The number of alkyl halides is 3. The monoisotopic (exact) mass is 729 g/mol. The summed E-state index contributed by atoms with van der Waals surface area (Å²) in [7, 11) is 0. The summed E-state index contributed by atoms with van der Waals surface area (Å²) in [6.45, 7) is 5.77. The molecule has 6 aliphatic carbocycles. The largest absolute Gasteiger partial charge is 0.573 e. The molecule has 12 heteroatoms. The van der Waals surface area contributed by atoms with E-state index in [0.717, 1.165) is 30.7 Å². The van der Waals surface area contributed by atoms with Crippen LogP contribution in [0.1, 0.15) is 81.6 Å². The van der Waals surface area contributed by atoms with Gasteiger partial charge in [-0.05, 0) is 105 Å². The molecule has 6 aliphatic rings. The molecular weight excluding hydrogens is 685 g/mol. The minimum atomic E-state index is -4.85. The van der Waals surface area contributed by atoms with Gasteiger partial charge in [0, 0.05) is 33.9 Å². The lowest BCUT2D eigenvalue weighted by Gasteiger charge is -2.71. The van der Waals surface area contributed by atoms with Gasteiger partial charge in [0.25, 0.3) is 0 Å². The van der Waals surface area contributed by atoms with Crippen LogP contribution in [0.3, 0.4) is 0 Å². The maximum atomic E-state index is 14.6. The van der Waals surface area contributed by atoms with Crippen LogP contribution in [0.15, 0.2) is 66.3 Å². The number of halogens is 5. The molecule has 0 heterocycles. The highest BCUT2D eigenvalue weighted by Gasteiger charge is 2.74. The second-order valence-electron chi connectivity index (χ2n) is 16.0. The number of nitrogens with zero attached hydrogens (tertiary/aromatic N) is 1. The van der Waals surface area contributed by atoms with Crippen LogP contribution in [-0.2, 0) is 11.3 Å². The quantitative estimate of drug-likeness (QED) is 0.161. The van der Waals surface area contributed by atoms with Crippen molar-refractivity contribution in [3.05, 3.63) is 89.0 Å². The number of benzene rings is 2. The Morgan fingerprint density at radius 3 is 2.27 bits per heavy atom. The summed E-state index contributed by atoms with van der Waals surface area (Å²) >= 11 is 0. The fourth-order valence-corrected chi connectivity index (χ4v) is 11.1. The summed E-state index contributed by atoms with van der Waals surface area (Å²) in [6, 6.07) is 8.33. The zero-order chi connectivity index (χ0) is 37.5. The molecule has 7 nitrogen and oxygen atoms in total. The highest BCUT2D eigenvalue weighted by Crippen LogP contribution is 2.78. The lowest BCUT2D eigenvalue weighted by molar-refractivity contribution is -0.274. The van der Waals surface area contributed by atoms with Gasteiger partial charge in [-0.2, -0.15) is 0 Å². The van der Waals surface area contributed by atoms with E-state index in [9.17, 15) is 41.8 Å². The number of aliphatic hydroxyl groups is 2. The highest BCUT2D eigenvalue weighted by atomic mass is 19.4. The van der Waals surface area contributed by atoms with Crippen molar-refractivity contribution in [2.24, 2.45) is 33.5 Å². The lowest BCUT2D eigenvalue weighted by atomic mass is 9.32. The maximum absolute atomic E-state index is 14.6. The van der Waals surface area contributed by atoms with Crippen molar-refractivity contribution in [2.75, 3.05) is 13.2 Å². The summed E-state index contributed by atoms with van der Waals surface area (Å²) in [4.78, 5) is 29.4. The van der Waals surface area contributed by atoms with Crippen LogP contribution in [0, 0.1) is 45.1 Å². The number of hydrogen-bond donors (Lipinski definition) is 2. The maximum Gasteiger partial charge on any atom is 0.573 e. The second kappa shape index (κ2) is 12.4. The van der Waals surface area contributed by atoms with Crippen molar-refractivity contribution in [3.8, 4) is 5.75 Å². The van der Waals surface area contributed by atoms with Crippen LogP contribution in [0.2, 0.25) is 0 Å². The van der Waals surface area contributed by atoms with E-state index >= 15 is 0 Å². The first-order chi connectivity index (χ1) is 24.4.